The zero-order valence-electron chi connectivity index (χ0n) is 8.81. The van der Waals surface area contributed by atoms with Crippen LogP contribution in [0.1, 0.15) is 10.4 Å². The molecular formula is C13H12N2S. The largest absolute Gasteiger partial charge is 0.301 e. The summed E-state index contributed by atoms with van der Waals surface area (Å²) in [5.74, 6) is 6.19. The first-order valence-corrected chi connectivity index (χ1v) is 5.95. The Morgan fingerprint density at radius 2 is 2.12 bits per heavy atom. The highest BCUT2D eigenvalue weighted by Gasteiger charge is 1.90. The molecule has 16 heavy (non-hydrogen) atoms. The van der Waals surface area contributed by atoms with E-state index in [0.717, 1.165) is 12.1 Å². The van der Waals surface area contributed by atoms with Crippen LogP contribution in [0.4, 0.5) is 0 Å². The summed E-state index contributed by atoms with van der Waals surface area (Å²) in [6.45, 7) is 1.54. The van der Waals surface area contributed by atoms with Crippen LogP contribution in [0.3, 0.4) is 0 Å². The van der Waals surface area contributed by atoms with Crippen molar-refractivity contribution in [3.8, 4) is 11.8 Å². The third-order valence-electron chi connectivity index (χ3n) is 2.00. The molecule has 0 unspecified atom stereocenters. The van der Waals surface area contributed by atoms with Crippen LogP contribution in [0, 0.1) is 11.8 Å². The first-order valence-electron chi connectivity index (χ1n) is 5.07. The molecule has 0 radical (unpaired) electrons. The molecular weight excluding hydrogens is 216 g/mol. The molecule has 1 aromatic carbocycles. The SMILES string of the molecule is C(#Cc1ccccc1)CNCc1cncs1. The van der Waals surface area contributed by atoms with Crippen molar-refractivity contribution in [1.82, 2.24) is 10.3 Å². The maximum atomic E-state index is 4.01. The van der Waals surface area contributed by atoms with Crippen LogP contribution in [0.5, 0.6) is 0 Å². The van der Waals surface area contributed by atoms with Crippen molar-refractivity contribution in [3.63, 3.8) is 0 Å². The smallest absolute Gasteiger partial charge is 0.0794 e. The summed E-state index contributed by atoms with van der Waals surface area (Å²) in [6.07, 6.45) is 1.88. The number of thiazole rings is 1. The number of hydrogen-bond acceptors (Lipinski definition) is 3. The normalized spacial score (nSPS) is 9.50. The molecule has 2 aromatic rings. The van der Waals surface area contributed by atoms with Gasteiger partial charge in [0.15, 0.2) is 0 Å². The Balaban J connectivity index is 1.74. The second-order valence-corrected chi connectivity index (χ2v) is 4.21. The van der Waals surface area contributed by atoms with Gasteiger partial charge in [0.05, 0.1) is 12.1 Å². The summed E-state index contributed by atoms with van der Waals surface area (Å²) < 4.78 is 0. The summed E-state index contributed by atoms with van der Waals surface area (Å²) in [7, 11) is 0. The molecule has 0 aliphatic carbocycles. The van der Waals surface area contributed by atoms with E-state index in [0.29, 0.717) is 6.54 Å². The lowest BCUT2D eigenvalue weighted by Gasteiger charge is -1.94. The first kappa shape index (κ1) is 10.9. The zero-order chi connectivity index (χ0) is 11.1. The van der Waals surface area contributed by atoms with Crippen molar-refractivity contribution in [2.24, 2.45) is 0 Å². The number of hydrogen-bond donors (Lipinski definition) is 1. The van der Waals surface area contributed by atoms with Crippen molar-refractivity contribution in [1.29, 1.82) is 0 Å². The lowest BCUT2D eigenvalue weighted by molar-refractivity contribution is 0.779. The van der Waals surface area contributed by atoms with Gasteiger partial charge in [0, 0.05) is 23.2 Å². The Labute approximate surface area is 99.4 Å². The Morgan fingerprint density at radius 1 is 1.25 bits per heavy atom. The number of benzene rings is 1. The fraction of sp³-hybridized carbons (Fsp3) is 0.154. The van der Waals surface area contributed by atoms with Crippen LogP contribution >= 0.6 is 11.3 Å². The molecule has 80 valence electrons. The highest BCUT2D eigenvalue weighted by Crippen LogP contribution is 2.03. The molecule has 0 amide bonds. The molecule has 0 aliphatic rings. The molecule has 0 aliphatic heterocycles. The fourth-order valence-corrected chi connectivity index (χ4v) is 1.81. The van der Waals surface area contributed by atoms with Crippen LogP contribution < -0.4 is 5.32 Å². The molecule has 0 bridgehead atoms. The Hall–Kier alpha value is -1.63. The summed E-state index contributed by atoms with van der Waals surface area (Å²) >= 11 is 1.66. The minimum atomic E-state index is 0.701. The van der Waals surface area contributed by atoms with Gasteiger partial charge in [-0.25, -0.2) is 0 Å². The van der Waals surface area contributed by atoms with E-state index in [2.05, 4.69) is 22.1 Å². The molecule has 1 heterocycles. The van der Waals surface area contributed by atoms with E-state index < -0.39 is 0 Å². The molecule has 2 nitrogen and oxygen atoms in total. The van der Waals surface area contributed by atoms with Gasteiger partial charge in [-0.3, -0.25) is 4.98 Å². The second kappa shape index (κ2) is 6.06. The zero-order valence-corrected chi connectivity index (χ0v) is 9.63. The first-order chi connectivity index (χ1) is 7.95. The third kappa shape index (κ3) is 3.50. The summed E-state index contributed by atoms with van der Waals surface area (Å²) in [5.41, 5.74) is 2.90. The van der Waals surface area contributed by atoms with Gasteiger partial charge >= 0.3 is 0 Å². The van der Waals surface area contributed by atoms with Gasteiger partial charge in [-0.2, -0.15) is 0 Å². The van der Waals surface area contributed by atoms with Crippen LogP contribution in [0.15, 0.2) is 42.0 Å². The monoisotopic (exact) mass is 228 g/mol. The Kier molecular flexibility index (Phi) is 4.12. The Bertz CT molecular complexity index is 466. The number of aromatic nitrogens is 1. The average Bonchev–Trinajstić information content (AvgIpc) is 2.83. The predicted octanol–water partition coefficient (Wildman–Crippen LogP) is 2.28. The molecule has 0 fully saturated rings. The van der Waals surface area contributed by atoms with Crippen LogP contribution in [-0.4, -0.2) is 11.5 Å². The number of nitrogens with zero attached hydrogens (tertiary/aromatic N) is 1. The van der Waals surface area contributed by atoms with Crippen LogP contribution in [-0.2, 0) is 6.54 Å². The summed E-state index contributed by atoms with van der Waals surface area (Å²) in [4.78, 5) is 5.25. The molecule has 0 spiro atoms. The third-order valence-corrected chi connectivity index (χ3v) is 2.78. The predicted molar refractivity (Wildman–Crippen MR) is 67.1 cm³/mol. The van der Waals surface area contributed by atoms with Crippen molar-refractivity contribution in [3.05, 3.63) is 52.5 Å². The van der Waals surface area contributed by atoms with E-state index in [9.17, 15) is 0 Å². The molecule has 3 heteroatoms. The lowest BCUT2D eigenvalue weighted by atomic mass is 10.2. The summed E-state index contributed by atoms with van der Waals surface area (Å²) in [6, 6.07) is 10.0. The van der Waals surface area contributed by atoms with E-state index in [1.807, 2.05) is 42.0 Å². The van der Waals surface area contributed by atoms with Crippen molar-refractivity contribution < 1.29 is 0 Å². The second-order valence-electron chi connectivity index (χ2n) is 3.24. The molecule has 0 atom stereocenters. The van der Waals surface area contributed by atoms with Gasteiger partial charge in [0.2, 0.25) is 0 Å². The quantitative estimate of drug-likeness (QED) is 0.644. The maximum Gasteiger partial charge on any atom is 0.0794 e. The average molecular weight is 228 g/mol. The fourth-order valence-electron chi connectivity index (χ4n) is 1.25. The highest BCUT2D eigenvalue weighted by molar-refractivity contribution is 7.09. The highest BCUT2D eigenvalue weighted by atomic mass is 32.1. The molecule has 0 saturated heterocycles. The number of nitrogens with one attached hydrogen (secondary N) is 1. The minimum Gasteiger partial charge on any atom is -0.301 e. The van der Waals surface area contributed by atoms with Crippen molar-refractivity contribution in [2.45, 2.75) is 6.54 Å². The minimum absolute atomic E-state index is 0.701. The summed E-state index contributed by atoms with van der Waals surface area (Å²) in [5, 5.41) is 3.25. The number of rotatable bonds is 3. The van der Waals surface area contributed by atoms with E-state index in [1.54, 1.807) is 11.3 Å². The van der Waals surface area contributed by atoms with Gasteiger partial charge in [-0.05, 0) is 12.1 Å². The van der Waals surface area contributed by atoms with Crippen LogP contribution in [0.25, 0.3) is 0 Å². The topological polar surface area (TPSA) is 24.9 Å². The van der Waals surface area contributed by atoms with E-state index >= 15 is 0 Å². The van der Waals surface area contributed by atoms with Crippen molar-refractivity contribution >= 4 is 11.3 Å². The molecule has 2 rings (SSSR count). The van der Waals surface area contributed by atoms with Gasteiger partial charge in [-0.1, -0.05) is 30.0 Å². The van der Waals surface area contributed by atoms with Gasteiger partial charge < -0.3 is 5.32 Å². The van der Waals surface area contributed by atoms with E-state index in [1.165, 1.54) is 4.88 Å². The standard InChI is InChI=1S/C13H12N2S/c1-2-5-12(6-3-1)7-4-8-14-9-13-10-15-11-16-13/h1-3,5-6,10-11,14H,8-9H2. The lowest BCUT2D eigenvalue weighted by Crippen LogP contribution is -2.12. The van der Waals surface area contributed by atoms with Gasteiger partial charge in [0.25, 0.3) is 0 Å². The van der Waals surface area contributed by atoms with Gasteiger partial charge in [-0.15, -0.1) is 11.3 Å². The van der Waals surface area contributed by atoms with E-state index in [-0.39, 0.29) is 0 Å². The molecule has 1 aromatic heterocycles. The molecule has 0 saturated carbocycles. The van der Waals surface area contributed by atoms with Crippen LogP contribution in [0.2, 0.25) is 0 Å². The maximum absolute atomic E-state index is 4.01. The molecule has 1 N–H and O–H groups in total. The Morgan fingerprint density at radius 3 is 2.88 bits per heavy atom. The van der Waals surface area contributed by atoms with Crippen molar-refractivity contribution in [2.75, 3.05) is 6.54 Å². The van der Waals surface area contributed by atoms with Gasteiger partial charge in [0.1, 0.15) is 0 Å². The van der Waals surface area contributed by atoms with E-state index in [4.69, 9.17) is 0 Å².